The van der Waals surface area contributed by atoms with E-state index in [0.717, 1.165) is 18.4 Å². The number of carbonyl (C=O) groups is 1. The van der Waals surface area contributed by atoms with Crippen molar-refractivity contribution in [2.24, 2.45) is 0 Å². The van der Waals surface area contributed by atoms with E-state index in [4.69, 9.17) is 9.47 Å². The molecule has 0 bridgehead atoms. The summed E-state index contributed by atoms with van der Waals surface area (Å²) in [6, 6.07) is 11.4. The lowest BCUT2D eigenvalue weighted by atomic mass is 10.2. The lowest BCUT2D eigenvalue weighted by molar-refractivity contribution is -0.384. The molecule has 0 radical (unpaired) electrons. The molecule has 27 heavy (non-hydrogen) atoms. The fraction of sp³-hybridized carbons (Fsp3) is 0.250. The van der Waals surface area contributed by atoms with Gasteiger partial charge in [0.25, 0.3) is 5.69 Å². The van der Waals surface area contributed by atoms with Crippen LogP contribution in [0.2, 0.25) is 0 Å². The zero-order chi connectivity index (χ0) is 19.6. The number of unbranched alkanes of at least 4 members (excludes halogenated alkanes) is 1. The minimum atomic E-state index is -0.533. The van der Waals surface area contributed by atoms with Crippen LogP contribution in [0, 0.1) is 10.1 Å². The van der Waals surface area contributed by atoms with Crippen LogP contribution >= 0.6 is 0 Å². The average molecular weight is 370 g/mol. The highest BCUT2D eigenvalue weighted by Gasteiger charge is 2.12. The van der Waals surface area contributed by atoms with Crippen molar-refractivity contribution in [2.75, 3.05) is 19.0 Å². The molecular weight excluding hydrogens is 348 g/mol. The van der Waals surface area contributed by atoms with Crippen molar-refractivity contribution in [3.63, 3.8) is 0 Å². The molecule has 0 fully saturated rings. The average Bonchev–Trinajstić information content (AvgIpc) is 2.67. The number of non-ortho nitro benzene ring substituents is 1. The maximum Gasteiger partial charge on any atom is 0.271 e. The van der Waals surface area contributed by atoms with Crippen molar-refractivity contribution >= 4 is 23.4 Å². The molecule has 0 unspecified atom stereocenters. The van der Waals surface area contributed by atoms with Gasteiger partial charge in [0.15, 0.2) is 0 Å². The highest BCUT2D eigenvalue weighted by molar-refractivity contribution is 6.03. The summed E-state index contributed by atoms with van der Waals surface area (Å²) >= 11 is 0. The second-order valence-electron chi connectivity index (χ2n) is 5.70. The molecule has 0 aliphatic carbocycles. The van der Waals surface area contributed by atoms with E-state index in [0.29, 0.717) is 18.1 Å². The van der Waals surface area contributed by atoms with Crippen molar-refractivity contribution in [1.29, 1.82) is 0 Å². The van der Waals surface area contributed by atoms with Gasteiger partial charge < -0.3 is 14.8 Å². The Morgan fingerprint density at radius 3 is 2.70 bits per heavy atom. The van der Waals surface area contributed by atoms with Gasteiger partial charge in [0.05, 0.1) is 24.3 Å². The summed E-state index contributed by atoms with van der Waals surface area (Å²) in [6.07, 6.45) is 4.97. The van der Waals surface area contributed by atoms with E-state index in [2.05, 4.69) is 12.2 Å². The molecule has 0 heterocycles. The third-order valence-electron chi connectivity index (χ3n) is 3.74. The van der Waals surface area contributed by atoms with Crippen LogP contribution in [-0.2, 0) is 4.79 Å². The molecule has 0 atom stereocenters. The Bertz CT molecular complexity index is 833. The van der Waals surface area contributed by atoms with Gasteiger partial charge in [-0.3, -0.25) is 14.9 Å². The summed E-state index contributed by atoms with van der Waals surface area (Å²) in [5.74, 6) is 0.603. The number of benzene rings is 2. The number of hydrogen-bond acceptors (Lipinski definition) is 5. The highest BCUT2D eigenvalue weighted by atomic mass is 16.6. The van der Waals surface area contributed by atoms with Crippen LogP contribution in [0.5, 0.6) is 11.5 Å². The van der Waals surface area contributed by atoms with Gasteiger partial charge in [0.1, 0.15) is 11.5 Å². The molecule has 0 aromatic heterocycles. The SMILES string of the molecule is CCCCOc1ccccc1C=CC(=O)Nc1cc([N+](=O)[O-])ccc1OC. The van der Waals surface area contributed by atoms with Gasteiger partial charge in [0, 0.05) is 23.8 Å². The number of anilines is 1. The molecule has 0 aliphatic heterocycles. The van der Waals surface area contributed by atoms with Crippen molar-refractivity contribution in [3.8, 4) is 11.5 Å². The molecular formula is C20H22N2O5. The Hall–Kier alpha value is -3.35. The van der Waals surface area contributed by atoms with E-state index in [1.54, 1.807) is 6.08 Å². The number of ether oxygens (including phenoxy) is 2. The molecule has 7 nitrogen and oxygen atoms in total. The summed E-state index contributed by atoms with van der Waals surface area (Å²) < 4.78 is 10.9. The molecule has 0 saturated carbocycles. The molecule has 1 N–H and O–H groups in total. The van der Waals surface area contributed by atoms with Gasteiger partial charge in [-0.25, -0.2) is 0 Å². The van der Waals surface area contributed by atoms with Crippen molar-refractivity contribution in [3.05, 3.63) is 64.2 Å². The Morgan fingerprint density at radius 2 is 2.00 bits per heavy atom. The largest absolute Gasteiger partial charge is 0.495 e. The number of hydrogen-bond donors (Lipinski definition) is 1. The van der Waals surface area contributed by atoms with E-state index in [9.17, 15) is 14.9 Å². The number of nitrogens with one attached hydrogen (secondary N) is 1. The van der Waals surface area contributed by atoms with Crippen molar-refractivity contribution in [2.45, 2.75) is 19.8 Å². The number of methoxy groups -OCH3 is 1. The van der Waals surface area contributed by atoms with Crippen LogP contribution in [0.4, 0.5) is 11.4 Å². The fourth-order valence-corrected chi connectivity index (χ4v) is 2.32. The number of nitro groups is 1. The number of para-hydroxylation sites is 1. The molecule has 2 rings (SSSR count). The quantitative estimate of drug-likeness (QED) is 0.305. The van der Waals surface area contributed by atoms with E-state index in [1.165, 1.54) is 31.4 Å². The third-order valence-corrected chi connectivity index (χ3v) is 3.74. The second-order valence-corrected chi connectivity index (χ2v) is 5.70. The first kappa shape index (κ1) is 20.0. The van der Waals surface area contributed by atoms with E-state index >= 15 is 0 Å². The first-order valence-electron chi connectivity index (χ1n) is 8.58. The predicted octanol–water partition coefficient (Wildman–Crippen LogP) is 4.43. The summed E-state index contributed by atoms with van der Waals surface area (Å²) in [7, 11) is 1.43. The molecule has 2 aromatic carbocycles. The molecule has 142 valence electrons. The van der Waals surface area contributed by atoms with Gasteiger partial charge in [0.2, 0.25) is 5.91 Å². The Morgan fingerprint density at radius 1 is 1.22 bits per heavy atom. The maximum absolute atomic E-state index is 12.2. The third kappa shape index (κ3) is 5.85. The van der Waals surface area contributed by atoms with Crippen LogP contribution in [-0.4, -0.2) is 24.5 Å². The zero-order valence-corrected chi connectivity index (χ0v) is 15.3. The van der Waals surface area contributed by atoms with Gasteiger partial charge >= 0.3 is 0 Å². The Balaban J connectivity index is 2.12. The first-order chi connectivity index (χ1) is 13.0. The van der Waals surface area contributed by atoms with Crippen molar-refractivity contribution < 1.29 is 19.2 Å². The van der Waals surface area contributed by atoms with Gasteiger partial charge in [-0.15, -0.1) is 0 Å². The van der Waals surface area contributed by atoms with E-state index in [1.807, 2.05) is 24.3 Å². The topological polar surface area (TPSA) is 90.7 Å². The molecule has 7 heteroatoms. The predicted molar refractivity (Wildman–Crippen MR) is 104 cm³/mol. The van der Waals surface area contributed by atoms with Gasteiger partial charge in [-0.05, 0) is 24.6 Å². The van der Waals surface area contributed by atoms with Crippen LogP contribution in [0.15, 0.2) is 48.5 Å². The molecule has 0 spiro atoms. The lowest BCUT2D eigenvalue weighted by Crippen LogP contribution is -2.09. The molecule has 2 aromatic rings. The van der Waals surface area contributed by atoms with E-state index < -0.39 is 10.8 Å². The summed E-state index contributed by atoms with van der Waals surface area (Å²) in [5, 5.41) is 13.5. The number of nitrogens with zero attached hydrogens (tertiary/aromatic N) is 1. The monoisotopic (exact) mass is 370 g/mol. The summed E-state index contributed by atoms with van der Waals surface area (Å²) in [4.78, 5) is 22.6. The normalized spacial score (nSPS) is 10.6. The molecule has 0 saturated heterocycles. The first-order valence-corrected chi connectivity index (χ1v) is 8.58. The fourth-order valence-electron chi connectivity index (χ4n) is 2.32. The smallest absolute Gasteiger partial charge is 0.271 e. The zero-order valence-electron chi connectivity index (χ0n) is 15.3. The number of amides is 1. The molecule has 0 aliphatic rings. The maximum atomic E-state index is 12.2. The van der Waals surface area contributed by atoms with Gasteiger partial charge in [-0.1, -0.05) is 31.5 Å². The van der Waals surface area contributed by atoms with Crippen LogP contribution in [0.25, 0.3) is 6.08 Å². The number of carbonyl (C=O) groups excluding carboxylic acids is 1. The van der Waals surface area contributed by atoms with E-state index in [-0.39, 0.29) is 11.4 Å². The van der Waals surface area contributed by atoms with Crippen LogP contribution in [0.3, 0.4) is 0 Å². The summed E-state index contributed by atoms with van der Waals surface area (Å²) in [5.41, 5.74) is 0.869. The number of nitro benzene ring substituents is 1. The highest BCUT2D eigenvalue weighted by Crippen LogP contribution is 2.29. The Kier molecular flexibility index (Phi) is 7.37. The number of rotatable bonds is 9. The Labute approximate surface area is 157 Å². The lowest BCUT2D eigenvalue weighted by Gasteiger charge is -2.09. The van der Waals surface area contributed by atoms with Crippen molar-refractivity contribution in [1.82, 2.24) is 0 Å². The minimum absolute atomic E-state index is 0.134. The second kappa shape index (κ2) is 9.96. The van der Waals surface area contributed by atoms with Crippen LogP contribution in [0.1, 0.15) is 25.3 Å². The van der Waals surface area contributed by atoms with Gasteiger partial charge in [-0.2, -0.15) is 0 Å². The molecule has 1 amide bonds. The standard InChI is InChI=1S/C20H22N2O5/c1-3-4-13-27-18-8-6-5-7-15(18)9-12-20(23)21-17-14-16(22(24)25)10-11-19(17)26-2/h5-12,14H,3-4,13H2,1-2H3,(H,21,23). The minimum Gasteiger partial charge on any atom is -0.495 e. The van der Waals surface area contributed by atoms with Crippen LogP contribution < -0.4 is 14.8 Å². The summed E-state index contributed by atoms with van der Waals surface area (Å²) in [6.45, 7) is 2.69.